The minimum Gasteiger partial charge on any atom is -0.490 e. The maximum absolute atomic E-state index is 13.4. The number of benzene rings is 2. The summed E-state index contributed by atoms with van der Waals surface area (Å²) in [7, 11) is 0. The third-order valence-electron chi connectivity index (χ3n) is 2.61. The summed E-state index contributed by atoms with van der Waals surface area (Å²) in [5, 5.41) is 10.7. The number of halogens is 1. The molecule has 0 atom stereocenters. The van der Waals surface area contributed by atoms with Gasteiger partial charge >= 0.3 is 0 Å². The molecule has 2 rings (SSSR count). The number of ether oxygens (including phenoxy) is 2. The summed E-state index contributed by atoms with van der Waals surface area (Å²) in [4.78, 5) is 10.1. The van der Waals surface area contributed by atoms with Crippen LogP contribution in [0.5, 0.6) is 17.2 Å². The normalized spacial score (nSPS) is 10.2. The minimum absolute atomic E-state index is 0.0502. The molecule has 0 heterocycles. The van der Waals surface area contributed by atoms with Gasteiger partial charge in [-0.05, 0) is 18.6 Å². The lowest BCUT2D eigenvalue weighted by atomic mass is 10.3. The molecule has 5 nitrogen and oxygen atoms in total. The fraction of sp³-hybridized carbons (Fsp3) is 0.200. The molecule has 6 heteroatoms. The van der Waals surface area contributed by atoms with E-state index in [4.69, 9.17) is 9.47 Å². The second-order valence-corrected chi connectivity index (χ2v) is 4.30. The number of nitro groups is 1. The lowest BCUT2D eigenvalue weighted by Gasteiger charge is -2.11. The first-order valence-electron chi connectivity index (χ1n) is 6.45. The first-order valence-corrected chi connectivity index (χ1v) is 6.45. The molecule has 0 unspecified atom stereocenters. The van der Waals surface area contributed by atoms with Crippen LogP contribution >= 0.6 is 0 Å². The van der Waals surface area contributed by atoms with Crippen molar-refractivity contribution >= 4 is 5.69 Å². The molecular formula is C15H14FNO4. The molecule has 21 heavy (non-hydrogen) atoms. The van der Waals surface area contributed by atoms with Crippen LogP contribution in [0.3, 0.4) is 0 Å². The molecule has 0 amide bonds. The molecule has 0 aliphatic rings. The highest BCUT2D eigenvalue weighted by Gasteiger charge is 2.12. The Morgan fingerprint density at radius 3 is 2.57 bits per heavy atom. The van der Waals surface area contributed by atoms with E-state index in [0.29, 0.717) is 18.1 Å². The Labute approximate surface area is 121 Å². The Kier molecular flexibility index (Phi) is 4.71. The first kappa shape index (κ1) is 14.8. The lowest BCUT2D eigenvalue weighted by molar-refractivity contribution is -0.385. The van der Waals surface area contributed by atoms with Crippen LogP contribution in [-0.2, 0) is 0 Å². The van der Waals surface area contributed by atoms with E-state index in [1.54, 1.807) is 24.3 Å². The fourth-order valence-corrected chi connectivity index (χ4v) is 1.70. The van der Waals surface area contributed by atoms with Crippen LogP contribution in [0.2, 0.25) is 0 Å². The predicted molar refractivity (Wildman–Crippen MR) is 75.4 cm³/mol. The monoisotopic (exact) mass is 291 g/mol. The highest BCUT2D eigenvalue weighted by Crippen LogP contribution is 2.33. The Balaban J connectivity index is 2.27. The average molecular weight is 291 g/mol. The van der Waals surface area contributed by atoms with Gasteiger partial charge in [-0.2, -0.15) is 0 Å². The number of hydrogen-bond acceptors (Lipinski definition) is 4. The van der Waals surface area contributed by atoms with Crippen LogP contribution in [0.4, 0.5) is 10.1 Å². The molecule has 0 saturated carbocycles. The van der Waals surface area contributed by atoms with Crippen LogP contribution in [0.15, 0.2) is 42.5 Å². The van der Waals surface area contributed by atoms with E-state index in [-0.39, 0.29) is 11.4 Å². The van der Waals surface area contributed by atoms with Crippen molar-refractivity contribution in [2.24, 2.45) is 0 Å². The van der Waals surface area contributed by atoms with Gasteiger partial charge in [-0.15, -0.1) is 0 Å². The quantitative estimate of drug-likeness (QED) is 0.587. The van der Waals surface area contributed by atoms with Crippen LogP contribution in [-0.4, -0.2) is 11.5 Å². The first-order chi connectivity index (χ1) is 10.1. The SMILES string of the molecule is CCCOc1ccccc1Oc1cc(F)cc([N+](=O)[O-])c1. The Hall–Kier alpha value is -2.63. The van der Waals surface area contributed by atoms with Gasteiger partial charge in [-0.1, -0.05) is 19.1 Å². The van der Waals surface area contributed by atoms with Crippen molar-refractivity contribution in [2.45, 2.75) is 13.3 Å². The zero-order valence-electron chi connectivity index (χ0n) is 11.4. The number of non-ortho nitro benzene ring substituents is 1. The van der Waals surface area contributed by atoms with E-state index in [1.807, 2.05) is 6.92 Å². The van der Waals surface area contributed by atoms with Crippen molar-refractivity contribution in [3.8, 4) is 17.2 Å². The van der Waals surface area contributed by atoms with Crippen LogP contribution in [0.1, 0.15) is 13.3 Å². The molecule has 0 aromatic heterocycles. The standard InChI is InChI=1S/C15H14FNO4/c1-2-7-20-14-5-3-4-6-15(14)21-13-9-11(16)8-12(10-13)17(18)19/h3-6,8-10H,2,7H2,1H3. The van der Waals surface area contributed by atoms with Crippen molar-refractivity contribution in [1.29, 1.82) is 0 Å². The van der Waals surface area contributed by atoms with Gasteiger partial charge in [0.15, 0.2) is 11.5 Å². The van der Waals surface area contributed by atoms with E-state index >= 15 is 0 Å². The molecule has 0 saturated heterocycles. The second-order valence-electron chi connectivity index (χ2n) is 4.30. The molecule has 0 aliphatic carbocycles. The molecule has 0 spiro atoms. The van der Waals surface area contributed by atoms with Gasteiger partial charge in [-0.3, -0.25) is 10.1 Å². The largest absolute Gasteiger partial charge is 0.490 e. The molecule has 0 fully saturated rings. The zero-order chi connectivity index (χ0) is 15.2. The summed E-state index contributed by atoms with van der Waals surface area (Å²) in [5.41, 5.74) is -0.364. The predicted octanol–water partition coefficient (Wildman–Crippen LogP) is 4.32. The summed E-state index contributed by atoms with van der Waals surface area (Å²) in [6.07, 6.45) is 0.833. The second kappa shape index (κ2) is 6.69. The minimum atomic E-state index is -0.730. The van der Waals surface area contributed by atoms with Crippen molar-refractivity contribution < 1.29 is 18.8 Å². The molecule has 0 aliphatic heterocycles. The Morgan fingerprint density at radius 1 is 1.19 bits per heavy atom. The summed E-state index contributed by atoms with van der Waals surface area (Å²) in [5.74, 6) is 0.206. The summed E-state index contributed by atoms with van der Waals surface area (Å²) in [6.45, 7) is 2.49. The molecular weight excluding hydrogens is 277 g/mol. The average Bonchev–Trinajstić information content (AvgIpc) is 2.45. The highest BCUT2D eigenvalue weighted by atomic mass is 19.1. The van der Waals surface area contributed by atoms with Crippen molar-refractivity contribution in [2.75, 3.05) is 6.61 Å². The fourth-order valence-electron chi connectivity index (χ4n) is 1.70. The summed E-state index contributed by atoms with van der Waals surface area (Å²) in [6, 6.07) is 9.99. The van der Waals surface area contributed by atoms with Crippen LogP contribution < -0.4 is 9.47 Å². The van der Waals surface area contributed by atoms with Crippen molar-refractivity contribution in [1.82, 2.24) is 0 Å². The van der Waals surface area contributed by atoms with Gasteiger partial charge in [0.1, 0.15) is 11.6 Å². The van der Waals surface area contributed by atoms with E-state index in [2.05, 4.69) is 0 Å². The molecule has 2 aromatic rings. The Morgan fingerprint density at radius 2 is 1.90 bits per heavy atom. The maximum Gasteiger partial charge on any atom is 0.276 e. The van der Waals surface area contributed by atoms with Gasteiger partial charge in [0.05, 0.1) is 23.7 Å². The number of nitrogens with zero attached hydrogens (tertiary/aromatic N) is 1. The molecule has 0 N–H and O–H groups in total. The smallest absolute Gasteiger partial charge is 0.276 e. The summed E-state index contributed by atoms with van der Waals surface area (Å²) >= 11 is 0. The molecule has 0 radical (unpaired) electrons. The number of hydrogen-bond donors (Lipinski definition) is 0. The van der Waals surface area contributed by atoms with E-state index in [0.717, 1.165) is 18.6 Å². The van der Waals surface area contributed by atoms with Gasteiger partial charge in [0.2, 0.25) is 0 Å². The highest BCUT2D eigenvalue weighted by molar-refractivity contribution is 5.45. The van der Waals surface area contributed by atoms with Gasteiger partial charge < -0.3 is 9.47 Å². The van der Waals surface area contributed by atoms with Crippen molar-refractivity contribution in [3.05, 3.63) is 58.4 Å². The third kappa shape index (κ3) is 3.92. The van der Waals surface area contributed by atoms with E-state index in [1.165, 1.54) is 6.07 Å². The van der Waals surface area contributed by atoms with Crippen LogP contribution in [0.25, 0.3) is 0 Å². The topological polar surface area (TPSA) is 61.6 Å². The van der Waals surface area contributed by atoms with E-state index in [9.17, 15) is 14.5 Å². The van der Waals surface area contributed by atoms with E-state index < -0.39 is 10.7 Å². The van der Waals surface area contributed by atoms with Gasteiger partial charge in [-0.25, -0.2) is 4.39 Å². The maximum atomic E-state index is 13.4. The van der Waals surface area contributed by atoms with Crippen LogP contribution in [0, 0.1) is 15.9 Å². The molecule has 110 valence electrons. The number of nitro benzene ring substituents is 1. The Bertz CT molecular complexity index is 645. The van der Waals surface area contributed by atoms with Crippen molar-refractivity contribution in [3.63, 3.8) is 0 Å². The van der Waals surface area contributed by atoms with Gasteiger partial charge in [0.25, 0.3) is 5.69 Å². The zero-order valence-corrected chi connectivity index (χ0v) is 11.4. The van der Waals surface area contributed by atoms with Gasteiger partial charge in [0, 0.05) is 6.07 Å². The number of para-hydroxylation sites is 2. The molecule has 0 bridgehead atoms. The molecule has 2 aromatic carbocycles. The third-order valence-corrected chi connectivity index (χ3v) is 2.61. The number of rotatable bonds is 6. The summed E-state index contributed by atoms with van der Waals surface area (Å²) < 4.78 is 24.4. The lowest BCUT2D eigenvalue weighted by Crippen LogP contribution is -1.97.